The third kappa shape index (κ3) is 3.80. The normalized spacial score (nSPS) is 21.9. The Bertz CT molecular complexity index is 208. The molecule has 0 saturated carbocycles. The van der Waals surface area contributed by atoms with Gasteiger partial charge in [-0.15, -0.1) is 0 Å². The van der Waals surface area contributed by atoms with Crippen LogP contribution in [0, 0.1) is 5.92 Å². The van der Waals surface area contributed by atoms with Gasteiger partial charge in [0, 0.05) is 39.6 Å². The van der Waals surface area contributed by atoms with Crippen LogP contribution in [0.25, 0.3) is 0 Å². The summed E-state index contributed by atoms with van der Waals surface area (Å²) in [7, 11) is 0. The van der Waals surface area contributed by atoms with Gasteiger partial charge < -0.3 is 15.5 Å². The molecule has 0 aromatic heterocycles. The number of carbonyl (C=O) groups excluding carboxylic acids is 1. The molecule has 0 aromatic carbocycles. The van der Waals surface area contributed by atoms with Gasteiger partial charge in [-0.1, -0.05) is 0 Å². The van der Waals surface area contributed by atoms with Gasteiger partial charge in [0.2, 0.25) is 5.91 Å². The highest BCUT2D eigenvalue weighted by Gasteiger charge is 2.23. The Kier molecular flexibility index (Phi) is 5.05. The van der Waals surface area contributed by atoms with Gasteiger partial charge in [0.05, 0.1) is 0 Å². The highest BCUT2D eigenvalue weighted by molar-refractivity contribution is 5.73. The molecule has 1 aliphatic rings. The first-order valence-electron chi connectivity index (χ1n) is 5.85. The van der Waals surface area contributed by atoms with E-state index in [9.17, 15) is 4.79 Å². The molecule has 1 atom stereocenters. The van der Waals surface area contributed by atoms with Gasteiger partial charge >= 0.3 is 0 Å². The molecule has 1 rings (SSSR count). The summed E-state index contributed by atoms with van der Waals surface area (Å²) in [5, 5.41) is 0. The van der Waals surface area contributed by atoms with Gasteiger partial charge in [0.25, 0.3) is 0 Å². The number of hydrogen-bond acceptors (Lipinski definition) is 3. The van der Waals surface area contributed by atoms with E-state index < -0.39 is 0 Å². The van der Waals surface area contributed by atoms with Crippen LogP contribution in [0.3, 0.4) is 0 Å². The second-order valence-electron chi connectivity index (χ2n) is 4.30. The predicted molar refractivity (Wildman–Crippen MR) is 61.5 cm³/mol. The minimum atomic E-state index is 0.190. The van der Waals surface area contributed by atoms with Crippen molar-refractivity contribution in [3.8, 4) is 0 Å². The molecule has 1 unspecified atom stereocenters. The fourth-order valence-electron chi connectivity index (χ4n) is 2.24. The average molecular weight is 213 g/mol. The number of nitrogens with zero attached hydrogens (tertiary/aromatic N) is 2. The molecule has 1 fully saturated rings. The summed E-state index contributed by atoms with van der Waals surface area (Å²) in [6.45, 7) is 9.37. The zero-order valence-corrected chi connectivity index (χ0v) is 9.91. The second kappa shape index (κ2) is 6.08. The zero-order chi connectivity index (χ0) is 11.3. The molecular weight excluding hydrogens is 190 g/mol. The summed E-state index contributed by atoms with van der Waals surface area (Å²) in [5.41, 5.74) is 5.52. The second-order valence-corrected chi connectivity index (χ2v) is 4.30. The fraction of sp³-hybridized carbons (Fsp3) is 0.909. The number of rotatable bonds is 5. The smallest absolute Gasteiger partial charge is 0.219 e. The van der Waals surface area contributed by atoms with Crippen LogP contribution in [0.1, 0.15) is 20.3 Å². The van der Waals surface area contributed by atoms with E-state index in [1.165, 1.54) is 6.42 Å². The van der Waals surface area contributed by atoms with E-state index in [2.05, 4.69) is 4.90 Å². The molecule has 0 spiro atoms. The summed E-state index contributed by atoms with van der Waals surface area (Å²) in [4.78, 5) is 15.6. The van der Waals surface area contributed by atoms with Gasteiger partial charge in [-0.3, -0.25) is 4.79 Å². The van der Waals surface area contributed by atoms with E-state index in [1.807, 2.05) is 11.8 Å². The maximum absolute atomic E-state index is 11.3. The molecule has 1 amide bonds. The van der Waals surface area contributed by atoms with E-state index in [0.717, 1.165) is 39.3 Å². The number of likely N-dealkylation sites (tertiary alicyclic amines) is 1. The molecule has 0 aromatic rings. The number of nitrogens with two attached hydrogens (primary N) is 1. The molecule has 2 N–H and O–H groups in total. The van der Waals surface area contributed by atoms with E-state index in [1.54, 1.807) is 6.92 Å². The molecule has 0 radical (unpaired) electrons. The largest absolute Gasteiger partial charge is 0.343 e. The minimum absolute atomic E-state index is 0.190. The SMILES string of the molecule is CCN(CC1CCN(CCN)C1)C(C)=O. The van der Waals surface area contributed by atoms with Crippen molar-refractivity contribution in [1.82, 2.24) is 9.80 Å². The van der Waals surface area contributed by atoms with Gasteiger partial charge in [-0.2, -0.15) is 0 Å². The Balaban J connectivity index is 2.31. The quantitative estimate of drug-likeness (QED) is 0.706. The van der Waals surface area contributed by atoms with Crippen molar-refractivity contribution >= 4 is 5.91 Å². The van der Waals surface area contributed by atoms with E-state index in [0.29, 0.717) is 5.92 Å². The van der Waals surface area contributed by atoms with Crippen molar-refractivity contribution in [3.63, 3.8) is 0 Å². The van der Waals surface area contributed by atoms with Crippen LogP contribution < -0.4 is 5.73 Å². The molecule has 15 heavy (non-hydrogen) atoms. The van der Waals surface area contributed by atoms with E-state index in [4.69, 9.17) is 5.73 Å². The summed E-state index contributed by atoms with van der Waals surface area (Å²) in [6, 6.07) is 0. The number of hydrogen-bond donors (Lipinski definition) is 1. The highest BCUT2D eigenvalue weighted by Crippen LogP contribution is 2.16. The van der Waals surface area contributed by atoms with Crippen LogP contribution in [-0.4, -0.2) is 55.0 Å². The molecule has 4 nitrogen and oxygen atoms in total. The molecule has 88 valence electrons. The van der Waals surface area contributed by atoms with Gasteiger partial charge in [0.15, 0.2) is 0 Å². The number of amides is 1. The lowest BCUT2D eigenvalue weighted by Gasteiger charge is -2.23. The van der Waals surface area contributed by atoms with Crippen molar-refractivity contribution < 1.29 is 4.79 Å². The van der Waals surface area contributed by atoms with Crippen LogP contribution in [0.2, 0.25) is 0 Å². The molecule has 1 aliphatic heterocycles. The van der Waals surface area contributed by atoms with Crippen LogP contribution in [0.15, 0.2) is 0 Å². The first kappa shape index (κ1) is 12.5. The topological polar surface area (TPSA) is 49.6 Å². The minimum Gasteiger partial charge on any atom is -0.343 e. The van der Waals surface area contributed by atoms with Crippen LogP contribution in [0.4, 0.5) is 0 Å². The Labute approximate surface area is 92.4 Å². The highest BCUT2D eigenvalue weighted by atomic mass is 16.2. The van der Waals surface area contributed by atoms with E-state index in [-0.39, 0.29) is 5.91 Å². The molecule has 0 aliphatic carbocycles. The first-order chi connectivity index (χ1) is 7.17. The maximum atomic E-state index is 11.3. The fourth-order valence-corrected chi connectivity index (χ4v) is 2.24. The molecule has 0 bridgehead atoms. The Morgan fingerprint density at radius 1 is 1.60 bits per heavy atom. The van der Waals surface area contributed by atoms with Crippen LogP contribution in [0.5, 0.6) is 0 Å². The third-order valence-electron chi connectivity index (χ3n) is 3.12. The Hall–Kier alpha value is -0.610. The molecule has 4 heteroatoms. The standard InChI is InChI=1S/C11H23N3O/c1-3-14(10(2)15)9-11-4-6-13(8-11)7-5-12/h11H,3-9,12H2,1-2H3. The number of carbonyl (C=O) groups is 1. The van der Waals surface area contributed by atoms with Gasteiger partial charge in [0.1, 0.15) is 0 Å². The molecular formula is C11H23N3O. The maximum Gasteiger partial charge on any atom is 0.219 e. The van der Waals surface area contributed by atoms with Crippen molar-refractivity contribution in [1.29, 1.82) is 0 Å². The van der Waals surface area contributed by atoms with Crippen molar-refractivity contribution in [2.24, 2.45) is 11.7 Å². The van der Waals surface area contributed by atoms with E-state index >= 15 is 0 Å². The van der Waals surface area contributed by atoms with Crippen molar-refractivity contribution in [3.05, 3.63) is 0 Å². The van der Waals surface area contributed by atoms with Crippen LogP contribution >= 0.6 is 0 Å². The third-order valence-corrected chi connectivity index (χ3v) is 3.12. The zero-order valence-electron chi connectivity index (χ0n) is 9.91. The predicted octanol–water partition coefficient (Wildman–Crippen LogP) is 0.135. The van der Waals surface area contributed by atoms with Crippen molar-refractivity contribution in [2.75, 3.05) is 39.3 Å². The Morgan fingerprint density at radius 3 is 2.87 bits per heavy atom. The van der Waals surface area contributed by atoms with Crippen LogP contribution in [-0.2, 0) is 4.79 Å². The van der Waals surface area contributed by atoms with Crippen molar-refractivity contribution in [2.45, 2.75) is 20.3 Å². The summed E-state index contributed by atoms with van der Waals surface area (Å²) in [5.74, 6) is 0.829. The summed E-state index contributed by atoms with van der Waals surface area (Å²) in [6.07, 6.45) is 1.20. The summed E-state index contributed by atoms with van der Waals surface area (Å²) >= 11 is 0. The lowest BCUT2D eigenvalue weighted by Crippen LogP contribution is -2.35. The summed E-state index contributed by atoms with van der Waals surface area (Å²) < 4.78 is 0. The lowest BCUT2D eigenvalue weighted by molar-refractivity contribution is -0.129. The average Bonchev–Trinajstić information content (AvgIpc) is 2.62. The van der Waals surface area contributed by atoms with Gasteiger partial charge in [-0.25, -0.2) is 0 Å². The van der Waals surface area contributed by atoms with Gasteiger partial charge in [-0.05, 0) is 25.8 Å². The molecule has 1 saturated heterocycles. The first-order valence-corrected chi connectivity index (χ1v) is 5.85. The monoisotopic (exact) mass is 213 g/mol. The molecule has 1 heterocycles. The lowest BCUT2D eigenvalue weighted by atomic mass is 10.1. The Morgan fingerprint density at radius 2 is 2.33 bits per heavy atom.